The third-order valence-corrected chi connectivity index (χ3v) is 7.55. The Kier molecular flexibility index (Phi) is 6.29. The summed E-state index contributed by atoms with van der Waals surface area (Å²) in [5.41, 5.74) is 1.49. The quantitative estimate of drug-likeness (QED) is 0.387. The maximum atomic E-state index is 13.5. The average molecular weight is 521 g/mol. The Labute approximate surface area is 212 Å². The number of allylic oxidation sites excluding steroid dienone is 1. The molecule has 5 rings (SSSR count). The number of hydrogen-bond acceptors (Lipinski definition) is 8. The molecular weight excluding hydrogens is 500 g/mol. The van der Waals surface area contributed by atoms with Gasteiger partial charge in [-0.15, -0.1) is 11.3 Å². The second-order valence-corrected chi connectivity index (χ2v) is 9.89. The van der Waals surface area contributed by atoms with E-state index in [-0.39, 0.29) is 17.7 Å². The Bertz CT molecular complexity index is 1670. The molecule has 8 nitrogen and oxygen atoms in total. The molecule has 36 heavy (non-hydrogen) atoms. The lowest BCUT2D eigenvalue weighted by Crippen LogP contribution is -2.39. The molecule has 0 radical (unpaired) electrons. The Morgan fingerprint density at radius 1 is 1.19 bits per heavy atom. The topological polar surface area (TPSA) is 111 Å². The lowest BCUT2D eigenvalue weighted by atomic mass is 10.0. The van der Waals surface area contributed by atoms with Crippen LogP contribution < -0.4 is 14.9 Å². The first kappa shape index (κ1) is 23.7. The summed E-state index contributed by atoms with van der Waals surface area (Å²) in [6.45, 7) is 3.71. The zero-order valence-corrected chi connectivity index (χ0v) is 20.9. The first-order valence-electron chi connectivity index (χ1n) is 11.0. The minimum atomic E-state index is -1.00. The SMILES string of the molecule is CCOC(=O)C1=C(C)N=c2s/c(=C/c3ccc(-c4ccc(C(=O)O)cc4)o3)c(=O)n2C1c1cccs1. The summed E-state index contributed by atoms with van der Waals surface area (Å²) in [6, 6.07) is 13.0. The first-order valence-corrected chi connectivity index (χ1v) is 12.7. The number of aromatic carboxylic acids is 1. The summed E-state index contributed by atoms with van der Waals surface area (Å²) in [5.74, 6) is -0.482. The van der Waals surface area contributed by atoms with Gasteiger partial charge in [0.15, 0.2) is 4.80 Å². The van der Waals surface area contributed by atoms with Crippen molar-refractivity contribution in [1.29, 1.82) is 0 Å². The maximum Gasteiger partial charge on any atom is 0.338 e. The third kappa shape index (κ3) is 4.25. The van der Waals surface area contributed by atoms with Crippen LogP contribution in [0.1, 0.15) is 40.9 Å². The predicted molar refractivity (Wildman–Crippen MR) is 136 cm³/mol. The molecule has 0 bridgehead atoms. The summed E-state index contributed by atoms with van der Waals surface area (Å²) in [7, 11) is 0. The minimum Gasteiger partial charge on any atom is -0.478 e. The van der Waals surface area contributed by atoms with E-state index in [4.69, 9.17) is 14.3 Å². The summed E-state index contributed by atoms with van der Waals surface area (Å²) >= 11 is 2.68. The van der Waals surface area contributed by atoms with Crippen molar-refractivity contribution in [3.63, 3.8) is 0 Å². The van der Waals surface area contributed by atoms with Crippen LogP contribution in [-0.2, 0) is 9.53 Å². The number of esters is 1. The van der Waals surface area contributed by atoms with Crippen molar-refractivity contribution in [1.82, 2.24) is 4.57 Å². The van der Waals surface area contributed by atoms with Gasteiger partial charge in [-0.2, -0.15) is 0 Å². The lowest BCUT2D eigenvalue weighted by Gasteiger charge is -2.23. The fourth-order valence-electron chi connectivity index (χ4n) is 4.00. The number of nitrogens with zero attached hydrogens (tertiary/aromatic N) is 2. The van der Waals surface area contributed by atoms with Gasteiger partial charge in [-0.1, -0.05) is 29.5 Å². The van der Waals surface area contributed by atoms with Gasteiger partial charge in [0.2, 0.25) is 0 Å². The maximum absolute atomic E-state index is 13.5. The Morgan fingerprint density at radius 3 is 2.64 bits per heavy atom. The molecule has 1 atom stereocenters. The molecule has 0 spiro atoms. The smallest absolute Gasteiger partial charge is 0.338 e. The Morgan fingerprint density at radius 2 is 1.97 bits per heavy atom. The van der Waals surface area contributed by atoms with E-state index in [1.807, 2.05) is 17.5 Å². The second kappa shape index (κ2) is 9.56. The molecule has 0 amide bonds. The average Bonchev–Trinajstić information content (AvgIpc) is 3.60. The molecule has 1 aliphatic rings. The predicted octanol–water partition coefficient (Wildman–Crippen LogP) is 3.82. The number of ether oxygens (including phenoxy) is 1. The molecule has 1 aromatic carbocycles. The zero-order chi connectivity index (χ0) is 25.4. The van der Waals surface area contributed by atoms with Gasteiger partial charge in [0.05, 0.1) is 28.0 Å². The highest BCUT2D eigenvalue weighted by Gasteiger charge is 2.33. The van der Waals surface area contributed by atoms with E-state index in [0.29, 0.717) is 37.7 Å². The molecule has 4 aromatic rings. The number of carbonyl (C=O) groups is 2. The van der Waals surface area contributed by atoms with E-state index in [2.05, 4.69) is 4.99 Å². The van der Waals surface area contributed by atoms with E-state index in [1.165, 1.54) is 39.4 Å². The van der Waals surface area contributed by atoms with Gasteiger partial charge in [0, 0.05) is 16.5 Å². The zero-order valence-electron chi connectivity index (χ0n) is 19.3. The van der Waals surface area contributed by atoms with Crippen LogP contribution in [0.15, 0.2) is 79.4 Å². The lowest BCUT2D eigenvalue weighted by molar-refractivity contribution is -0.139. The number of furan rings is 1. The van der Waals surface area contributed by atoms with Gasteiger partial charge in [0.1, 0.15) is 17.6 Å². The van der Waals surface area contributed by atoms with Crippen molar-refractivity contribution in [2.24, 2.45) is 4.99 Å². The van der Waals surface area contributed by atoms with Gasteiger partial charge >= 0.3 is 11.9 Å². The van der Waals surface area contributed by atoms with Gasteiger partial charge in [-0.3, -0.25) is 9.36 Å². The van der Waals surface area contributed by atoms with Crippen LogP contribution in [0.2, 0.25) is 0 Å². The number of thiophene rings is 1. The molecular formula is C26H20N2O6S2. The summed E-state index contributed by atoms with van der Waals surface area (Å²) in [5, 5.41) is 11.0. The fraction of sp³-hybridized carbons (Fsp3) is 0.154. The van der Waals surface area contributed by atoms with E-state index < -0.39 is 18.0 Å². The van der Waals surface area contributed by atoms with Crippen molar-refractivity contribution < 1.29 is 23.8 Å². The van der Waals surface area contributed by atoms with Crippen LogP contribution in [0.4, 0.5) is 0 Å². The number of benzene rings is 1. The number of carboxylic acid groups (broad SMARTS) is 1. The molecule has 4 heterocycles. The number of carbonyl (C=O) groups excluding carboxylic acids is 1. The van der Waals surface area contributed by atoms with Crippen molar-refractivity contribution >= 4 is 40.7 Å². The van der Waals surface area contributed by atoms with E-state index in [1.54, 1.807) is 44.2 Å². The molecule has 0 saturated carbocycles. The molecule has 10 heteroatoms. The number of hydrogen-bond donors (Lipinski definition) is 1. The highest BCUT2D eigenvalue weighted by Crippen LogP contribution is 2.33. The van der Waals surface area contributed by atoms with Gasteiger partial charge in [-0.05, 0) is 49.6 Å². The van der Waals surface area contributed by atoms with Gasteiger partial charge in [-0.25, -0.2) is 14.6 Å². The summed E-state index contributed by atoms with van der Waals surface area (Å²) in [6.07, 6.45) is 1.65. The first-order chi connectivity index (χ1) is 17.4. The van der Waals surface area contributed by atoms with Crippen LogP contribution >= 0.6 is 22.7 Å². The van der Waals surface area contributed by atoms with Crippen LogP contribution in [0.25, 0.3) is 17.4 Å². The second-order valence-electron chi connectivity index (χ2n) is 7.90. The number of aromatic nitrogens is 1. The molecule has 0 aliphatic carbocycles. The molecule has 3 aromatic heterocycles. The summed E-state index contributed by atoms with van der Waals surface area (Å²) in [4.78, 5) is 43.3. The van der Waals surface area contributed by atoms with Gasteiger partial charge in [0.25, 0.3) is 5.56 Å². The Balaban J connectivity index is 1.57. The van der Waals surface area contributed by atoms with Crippen molar-refractivity contribution in [3.8, 4) is 11.3 Å². The molecule has 1 unspecified atom stereocenters. The van der Waals surface area contributed by atoms with Crippen molar-refractivity contribution in [3.05, 3.63) is 101 Å². The standard InChI is InChI=1S/C26H20N2O6S2/c1-3-33-25(32)21-14(2)27-26-28(22(21)19-5-4-12-35-19)23(29)20(36-26)13-17-10-11-18(34-17)15-6-8-16(9-7-15)24(30)31/h4-13,22H,3H2,1-2H3,(H,30,31)/b20-13+. The van der Waals surface area contributed by atoms with E-state index >= 15 is 0 Å². The monoisotopic (exact) mass is 520 g/mol. The number of thiazole rings is 1. The highest BCUT2D eigenvalue weighted by atomic mass is 32.1. The Hall–Kier alpha value is -4.02. The summed E-state index contributed by atoms with van der Waals surface area (Å²) < 4.78 is 13.1. The number of rotatable bonds is 6. The molecule has 0 saturated heterocycles. The third-order valence-electron chi connectivity index (χ3n) is 5.65. The minimum absolute atomic E-state index is 0.185. The fourth-order valence-corrected chi connectivity index (χ4v) is 5.85. The van der Waals surface area contributed by atoms with E-state index in [0.717, 1.165) is 4.88 Å². The molecule has 1 aliphatic heterocycles. The van der Waals surface area contributed by atoms with E-state index in [9.17, 15) is 14.4 Å². The van der Waals surface area contributed by atoms with Crippen LogP contribution in [0, 0.1) is 0 Å². The van der Waals surface area contributed by atoms with Gasteiger partial charge < -0.3 is 14.3 Å². The highest BCUT2D eigenvalue weighted by molar-refractivity contribution is 7.10. The van der Waals surface area contributed by atoms with Crippen LogP contribution in [-0.4, -0.2) is 28.2 Å². The normalized spacial score (nSPS) is 15.5. The largest absolute Gasteiger partial charge is 0.478 e. The number of fused-ring (bicyclic) bond motifs is 1. The molecule has 182 valence electrons. The van der Waals surface area contributed by atoms with Crippen LogP contribution in [0.3, 0.4) is 0 Å². The molecule has 0 fully saturated rings. The van der Waals surface area contributed by atoms with Crippen molar-refractivity contribution in [2.75, 3.05) is 6.61 Å². The molecule has 1 N–H and O–H groups in total. The van der Waals surface area contributed by atoms with Crippen LogP contribution in [0.5, 0.6) is 0 Å². The van der Waals surface area contributed by atoms with Crippen molar-refractivity contribution in [2.45, 2.75) is 19.9 Å². The number of carboxylic acids is 1.